The summed E-state index contributed by atoms with van der Waals surface area (Å²) in [4.78, 5) is 17.9. The summed E-state index contributed by atoms with van der Waals surface area (Å²) in [5, 5.41) is 2.92. The quantitative estimate of drug-likeness (QED) is 0.658. The SMILES string of the molecule is COc1cccc(-c2ccc(C(=O)NCc3ccc(SC)cc3)cn2)c1. The summed E-state index contributed by atoms with van der Waals surface area (Å²) < 4.78 is 5.23. The molecule has 0 unspecified atom stereocenters. The molecule has 0 aliphatic carbocycles. The lowest BCUT2D eigenvalue weighted by Crippen LogP contribution is -2.22. The van der Waals surface area contributed by atoms with Crippen LogP contribution in [0.25, 0.3) is 11.3 Å². The van der Waals surface area contributed by atoms with Gasteiger partial charge in [0, 0.05) is 23.2 Å². The molecule has 2 aromatic carbocycles. The number of carbonyl (C=O) groups is 1. The first-order chi connectivity index (χ1) is 12.7. The van der Waals surface area contributed by atoms with Crippen molar-refractivity contribution in [3.63, 3.8) is 0 Å². The van der Waals surface area contributed by atoms with Crippen LogP contribution in [-0.2, 0) is 6.54 Å². The van der Waals surface area contributed by atoms with Crippen LogP contribution in [0.1, 0.15) is 15.9 Å². The topological polar surface area (TPSA) is 51.2 Å². The first-order valence-corrected chi connectivity index (χ1v) is 9.43. The zero-order chi connectivity index (χ0) is 18.4. The van der Waals surface area contributed by atoms with Gasteiger partial charge in [0.25, 0.3) is 5.91 Å². The molecule has 3 aromatic rings. The van der Waals surface area contributed by atoms with Crippen LogP contribution in [0.5, 0.6) is 5.75 Å². The summed E-state index contributed by atoms with van der Waals surface area (Å²) in [5.74, 6) is 0.641. The van der Waals surface area contributed by atoms with Crippen molar-refractivity contribution in [2.45, 2.75) is 11.4 Å². The molecule has 26 heavy (non-hydrogen) atoms. The molecule has 0 spiro atoms. The first kappa shape index (κ1) is 18.0. The van der Waals surface area contributed by atoms with Gasteiger partial charge in [0.05, 0.1) is 18.4 Å². The molecular formula is C21H20N2O2S. The summed E-state index contributed by atoms with van der Waals surface area (Å²) >= 11 is 1.70. The highest BCUT2D eigenvalue weighted by atomic mass is 32.2. The summed E-state index contributed by atoms with van der Waals surface area (Å²) in [7, 11) is 1.63. The third kappa shape index (κ3) is 4.43. The van der Waals surface area contributed by atoms with Gasteiger partial charge in [-0.2, -0.15) is 0 Å². The van der Waals surface area contributed by atoms with Crippen molar-refractivity contribution in [1.82, 2.24) is 10.3 Å². The van der Waals surface area contributed by atoms with E-state index in [9.17, 15) is 4.79 Å². The van der Waals surface area contributed by atoms with Crippen LogP contribution < -0.4 is 10.1 Å². The molecule has 1 aromatic heterocycles. The molecule has 0 bridgehead atoms. The lowest BCUT2D eigenvalue weighted by molar-refractivity contribution is 0.0950. The van der Waals surface area contributed by atoms with E-state index in [4.69, 9.17) is 4.74 Å². The Balaban J connectivity index is 1.64. The van der Waals surface area contributed by atoms with E-state index in [2.05, 4.69) is 22.4 Å². The van der Waals surface area contributed by atoms with Gasteiger partial charge in [-0.1, -0.05) is 24.3 Å². The second kappa shape index (κ2) is 8.54. The molecule has 5 heteroatoms. The molecule has 0 atom stereocenters. The second-order valence-electron chi connectivity index (χ2n) is 5.69. The zero-order valence-electron chi connectivity index (χ0n) is 14.7. The van der Waals surface area contributed by atoms with Gasteiger partial charge >= 0.3 is 0 Å². The highest BCUT2D eigenvalue weighted by Crippen LogP contribution is 2.22. The molecule has 0 saturated heterocycles. The fourth-order valence-corrected chi connectivity index (χ4v) is 2.92. The Labute approximate surface area is 157 Å². The number of aromatic nitrogens is 1. The molecule has 1 amide bonds. The number of carbonyl (C=O) groups excluding carboxylic acids is 1. The monoisotopic (exact) mass is 364 g/mol. The van der Waals surface area contributed by atoms with Gasteiger partial charge in [0.15, 0.2) is 0 Å². The smallest absolute Gasteiger partial charge is 0.253 e. The molecule has 0 radical (unpaired) electrons. The van der Waals surface area contributed by atoms with Gasteiger partial charge in [0.2, 0.25) is 0 Å². The van der Waals surface area contributed by atoms with E-state index in [-0.39, 0.29) is 5.91 Å². The molecule has 0 aliphatic rings. The lowest BCUT2D eigenvalue weighted by Gasteiger charge is -2.07. The number of nitrogens with one attached hydrogen (secondary N) is 1. The number of methoxy groups -OCH3 is 1. The Morgan fingerprint density at radius 3 is 2.58 bits per heavy atom. The van der Waals surface area contributed by atoms with Crippen LogP contribution in [0, 0.1) is 0 Å². The van der Waals surface area contributed by atoms with Crippen molar-refractivity contribution in [2.24, 2.45) is 0 Å². The average Bonchev–Trinajstić information content (AvgIpc) is 2.72. The second-order valence-corrected chi connectivity index (χ2v) is 6.57. The number of hydrogen-bond donors (Lipinski definition) is 1. The maximum absolute atomic E-state index is 12.3. The Morgan fingerprint density at radius 2 is 1.92 bits per heavy atom. The number of ether oxygens (including phenoxy) is 1. The van der Waals surface area contributed by atoms with Crippen LogP contribution in [0.2, 0.25) is 0 Å². The summed E-state index contributed by atoms with van der Waals surface area (Å²) in [6.07, 6.45) is 3.64. The lowest BCUT2D eigenvalue weighted by atomic mass is 10.1. The van der Waals surface area contributed by atoms with E-state index < -0.39 is 0 Å². The molecule has 1 heterocycles. The van der Waals surface area contributed by atoms with Crippen molar-refractivity contribution < 1.29 is 9.53 Å². The van der Waals surface area contributed by atoms with E-state index in [1.165, 1.54) is 4.90 Å². The molecule has 0 fully saturated rings. The largest absolute Gasteiger partial charge is 0.497 e. The number of thioether (sulfide) groups is 1. The minimum absolute atomic E-state index is 0.136. The van der Waals surface area contributed by atoms with Gasteiger partial charge in [-0.15, -0.1) is 11.8 Å². The zero-order valence-corrected chi connectivity index (χ0v) is 15.5. The molecule has 0 aliphatic heterocycles. The third-order valence-electron chi connectivity index (χ3n) is 4.00. The van der Waals surface area contributed by atoms with Crippen LogP contribution in [0.3, 0.4) is 0 Å². The molecule has 0 saturated carbocycles. The molecular weight excluding hydrogens is 344 g/mol. The fraction of sp³-hybridized carbons (Fsp3) is 0.143. The predicted octanol–water partition coefficient (Wildman–Crippen LogP) is 4.41. The van der Waals surface area contributed by atoms with E-state index in [1.807, 2.05) is 48.7 Å². The molecule has 132 valence electrons. The van der Waals surface area contributed by atoms with Crippen molar-refractivity contribution >= 4 is 17.7 Å². The normalized spacial score (nSPS) is 10.4. The summed E-state index contributed by atoms with van der Waals surface area (Å²) in [6.45, 7) is 0.491. The maximum Gasteiger partial charge on any atom is 0.253 e. The van der Waals surface area contributed by atoms with Gasteiger partial charge in [-0.05, 0) is 48.2 Å². The van der Waals surface area contributed by atoms with Crippen molar-refractivity contribution in [2.75, 3.05) is 13.4 Å². The van der Waals surface area contributed by atoms with Crippen molar-refractivity contribution in [3.8, 4) is 17.0 Å². The number of rotatable bonds is 6. The Kier molecular flexibility index (Phi) is 5.92. The van der Waals surface area contributed by atoms with E-state index in [0.717, 1.165) is 22.6 Å². The van der Waals surface area contributed by atoms with Crippen molar-refractivity contribution in [3.05, 3.63) is 78.0 Å². The molecule has 3 rings (SSSR count). The van der Waals surface area contributed by atoms with Gasteiger partial charge < -0.3 is 10.1 Å². The highest BCUT2D eigenvalue weighted by molar-refractivity contribution is 7.98. The summed E-state index contributed by atoms with van der Waals surface area (Å²) in [5.41, 5.74) is 3.35. The number of nitrogens with zero attached hydrogens (tertiary/aromatic N) is 1. The third-order valence-corrected chi connectivity index (χ3v) is 4.75. The van der Waals surface area contributed by atoms with Gasteiger partial charge in [-0.3, -0.25) is 9.78 Å². The van der Waals surface area contributed by atoms with E-state index >= 15 is 0 Å². The standard InChI is InChI=1S/C21H20N2O2S/c1-25-18-5-3-4-16(12-18)20-11-8-17(14-22-20)21(24)23-13-15-6-9-19(26-2)10-7-15/h3-12,14H,13H2,1-2H3,(H,23,24). The van der Waals surface area contributed by atoms with Crippen molar-refractivity contribution in [1.29, 1.82) is 0 Å². The van der Waals surface area contributed by atoms with Crippen LogP contribution in [0.15, 0.2) is 71.8 Å². The van der Waals surface area contributed by atoms with Gasteiger partial charge in [-0.25, -0.2) is 0 Å². The van der Waals surface area contributed by atoms with Crippen LogP contribution in [0.4, 0.5) is 0 Å². The Hall–Kier alpha value is -2.79. The first-order valence-electron chi connectivity index (χ1n) is 8.21. The Bertz CT molecular complexity index is 877. The maximum atomic E-state index is 12.3. The number of hydrogen-bond acceptors (Lipinski definition) is 4. The minimum Gasteiger partial charge on any atom is -0.497 e. The van der Waals surface area contributed by atoms with E-state index in [0.29, 0.717) is 12.1 Å². The van der Waals surface area contributed by atoms with Gasteiger partial charge in [0.1, 0.15) is 5.75 Å². The fourth-order valence-electron chi connectivity index (χ4n) is 2.51. The number of amides is 1. The van der Waals surface area contributed by atoms with Crippen LogP contribution in [-0.4, -0.2) is 24.3 Å². The predicted molar refractivity (Wildman–Crippen MR) is 106 cm³/mol. The average molecular weight is 364 g/mol. The van der Waals surface area contributed by atoms with Crippen LogP contribution >= 0.6 is 11.8 Å². The minimum atomic E-state index is -0.136. The molecule has 4 nitrogen and oxygen atoms in total. The number of pyridine rings is 1. The molecule has 1 N–H and O–H groups in total. The summed E-state index contributed by atoms with van der Waals surface area (Å²) in [6, 6.07) is 19.5. The van der Waals surface area contributed by atoms with E-state index in [1.54, 1.807) is 31.1 Å². The Morgan fingerprint density at radius 1 is 1.12 bits per heavy atom. The number of benzene rings is 2. The highest BCUT2D eigenvalue weighted by Gasteiger charge is 2.07.